The van der Waals surface area contributed by atoms with Crippen LogP contribution in [0.2, 0.25) is 0 Å². The Hall–Kier alpha value is -0.770. The Labute approximate surface area is 60.4 Å². The molecule has 0 spiro atoms. The van der Waals surface area contributed by atoms with Crippen LogP contribution >= 0.6 is 0 Å². The van der Waals surface area contributed by atoms with Gasteiger partial charge in [-0.2, -0.15) is 0 Å². The van der Waals surface area contributed by atoms with E-state index >= 15 is 0 Å². The highest BCUT2D eigenvalue weighted by atomic mass is 16.4. The lowest BCUT2D eigenvalue weighted by molar-refractivity contribution is 0.191. The molecule has 0 bridgehead atoms. The minimum absolute atomic E-state index is 0.304. The molecule has 0 aromatic rings. The van der Waals surface area contributed by atoms with Gasteiger partial charge in [-0.1, -0.05) is 6.92 Å². The van der Waals surface area contributed by atoms with Gasteiger partial charge in [-0.05, 0) is 13.3 Å². The third-order valence-corrected chi connectivity index (χ3v) is 1.45. The average molecular weight is 146 g/mol. The third kappa shape index (κ3) is 4.14. The molecule has 0 aliphatic rings. The Morgan fingerprint density at radius 3 is 2.60 bits per heavy atom. The summed E-state index contributed by atoms with van der Waals surface area (Å²) in [7, 11) is 0. The Bertz CT molecular complexity index is 123. The summed E-state index contributed by atoms with van der Waals surface area (Å²) in [6.07, 6.45) is -0.266. The van der Waals surface area contributed by atoms with Gasteiger partial charge in [0, 0.05) is 12.1 Å². The van der Waals surface area contributed by atoms with Gasteiger partial charge in [0.2, 0.25) is 0 Å². The van der Waals surface area contributed by atoms with E-state index in [9.17, 15) is 4.79 Å². The van der Waals surface area contributed by atoms with Crippen LogP contribution in [0.5, 0.6) is 0 Å². The molecule has 0 aliphatic heterocycles. The van der Waals surface area contributed by atoms with Crippen LogP contribution in [-0.2, 0) is 0 Å². The maximum Gasteiger partial charge on any atom is 0.404 e. The fourth-order valence-corrected chi connectivity index (χ4v) is 0.403. The topological polar surface area (TPSA) is 75.3 Å². The van der Waals surface area contributed by atoms with E-state index in [1.54, 1.807) is 0 Å². The van der Waals surface area contributed by atoms with Crippen LogP contribution in [0, 0.1) is 0 Å². The molecule has 0 rings (SSSR count). The van der Waals surface area contributed by atoms with Crippen LogP contribution in [0.4, 0.5) is 4.79 Å². The molecule has 1 unspecified atom stereocenters. The van der Waals surface area contributed by atoms with Crippen molar-refractivity contribution in [2.24, 2.45) is 5.73 Å². The first-order valence-corrected chi connectivity index (χ1v) is 3.23. The normalized spacial score (nSPS) is 15.9. The molecule has 0 aromatic heterocycles. The van der Waals surface area contributed by atoms with Crippen LogP contribution in [0.3, 0.4) is 0 Å². The molecule has 0 radical (unpaired) electrons. The molecule has 10 heavy (non-hydrogen) atoms. The van der Waals surface area contributed by atoms with Gasteiger partial charge >= 0.3 is 6.09 Å². The van der Waals surface area contributed by atoms with E-state index in [-0.39, 0.29) is 0 Å². The Morgan fingerprint density at radius 1 is 1.80 bits per heavy atom. The molecule has 4 nitrogen and oxygen atoms in total. The summed E-state index contributed by atoms with van der Waals surface area (Å²) >= 11 is 0. The van der Waals surface area contributed by atoms with Gasteiger partial charge < -0.3 is 16.2 Å². The van der Waals surface area contributed by atoms with Gasteiger partial charge in [0.1, 0.15) is 0 Å². The van der Waals surface area contributed by atoms with Crippen molar-refractivity contribution in [3.8, 4) is 0 Å². The lowest BCUT2D eigenvalue weighted by Crippen LogP contribution is -2.46. The van der Waals surface area contributed by atoms with Crippen LogP contribution < -0.4 is 11.1 Å². The summed E-state index contributed by atoms with van der Waals surface area (Å²) in [5.74, 6) is 0. The largest absolute Gasteiger partial charge is 0.465 e. The predicted octanol–water partition coefficient (Wildman–Crippen LogP) is 0.381. The number of hydrogen-bond donors (Lipinski definition) is 3. The first-order valence-electron chi connectivity index (χ1n) is 3.23. The molecule has 1 amide bonds. The summed E-state index contributed by atoms with van der Waals surface area (Å²) < 4.78 is 0. The minimum Gasteiger partial charge on any atom is -0.465 e. The molecule has 0 heterocycles. The van der Waals surface area contributed by atoms with Crippen LogP contribution in [-0.4, -0.2) is 23.3 Å². The molecule has 4 N–H and O–H groups in total. The first-order chi connectivity index (χ1) is 4.48. The highest BCUT2D eigenvalue weighted by Crippen LogP contribution is 2.01. The van der Waals surface area contributed by atoms with Gasteiger partial charge in [0.15, 0.2) is 0 Å². The molecular formula is C6H14N2O2. The molecule has 0 saturated heterocycles. The highest BCUT2D eigenvalue weighted by Gasteiger charge is 2.15. The second-order valence-corrected chi connectivity index (χ2v) is 2.67. The second kappa shape index (κ2) is 3.41. The number of carbonyl (C=O) groups is 1. The van der Waals surface area contributed by atoms with Crippen molar-refractivity contribution >= 4 is 6.09 Å². The zero-order valence-corrected chi connectivity index (χ0v) is 6.35. The number of nitrogens with two attached hydrogens (primary N) is 1. The number of hydrogen-bond acceptors (Lipinski definition) is 2. The molecule has 0 aliphatic carbocycles. The lowest BCUT2D eigenvalue weighted by Gasteiger charge is -2.21. The van der Waals surface area contributed by atoms with Crippen molar-refractivity contribution in [2.75, 3.05) is 6.54 Å². The van der Waals surface area contributed by atoms with E-state index in [1.807, 2.05) is 13.8 Å². The number of carboxylic acid groups (broad SMARTS) is 1. The SMILES string of the molecule is CCC(C)(N)CNC(=O)O. The molecule has 1 atom stereocenters. The summed E-state index contributed by atoms with van der Waals surface area (Å²) in [5, 5.41) is 10.4. The molecule has 4 heteroatoms. The van der Waals surface area contributed by atoms with E-state index in [0.29, 0.717) is 6.54 Å². The van der Waals surface area contributed by atoms with Gasteiger partial charge in [-0.15, -0.1) is 0 Å². The van der Waals surface area contributed by atoms with Crippen LogP contribution in [0.25, 0.3) is 0 Å². The lowest BCUT2D eigenvalue weighted by atomic mass is 10.0. The van der Waals surface area contributed by atoms with Crippen molar-refractivity contribution in [2.45, 2.75) is 25.8 Å². The Kier molecular flexibility index (Phi) is 3.15. The summed E-state index contributed by atoms with van der Waals surface area (Å²) in [6, 6.07) is 0. The maximum atomic E-state index is 10.00. The van der Waals surface area contributed by atoms with Crippen molar-refractivity contribution in [1.82, 2.24) is 5.32 Å². The van der Waals surface area contributed by atoms with Crippen LogP contribution in [0.1, 0.15) is 20.3 Å². The van der Waals surface area contributed by atoms with E-state index in [0.717, 1.165) is 6.42 Å². The zero-order chi connectivity index (χ0) is 8.20. The predicted molar refractivity (Wildman–Crippen MR) is 38.9 cm³/mol. The summed E-state index contributed by atoms with van der Waals surface area (Å²) in [4.78, 5) is 10.00. The van der Waals surface area contributed by atoms with Gasteiger partial charge in [-0.3, -0.25) is 0 Å². The fraction of sp³-hybridized carbons (Fsp3) is 0.833. The summed E-state index contributed by atoms with van der Waals surface area (Å²) in [5.41, 5.74) is 5.22. The van der Waals surface area contributed by atoms with Gasteiger partial charge in [0.05, 0.1) is 0 Å². The van der Waals surface area contributed by atoms with Gasteiger partial charge in [-0.25, -0.2) is 4.79 Å². The average Bonchev–Trinajstić information content (AvgIpc) is 1.85. The second-order valence-electron chi connectivity index (χ2n) is 2.67. The third-order valence-electron chi connectivity index (χ3n) is 1.45. The highest BCUT2D eigenvalue weighted by molar-refractivity contribution is 5.64. The zero-order valence-electron chi connectivity index (χ0n) is 6.35. The minimum atomic E-state index is -1.02. The number of nitrogens with one attached hydrogen (secondary N) is 1. The maximum absolute atomic E-state index is 10.00. The molecule has 60 valence electrons. The monoisotopic (exact) mass is 146 g/mol. The standard InChI is InChI=1S/C6H14N2O2/c1-3-6(2,7)4-8-5(9)10/h8H,3-4,7H2,1-2H3,(H,9,10). The van der Waals surface area contributed by atoms with E-state index < -0.39 is 11.6 Å². The van der Waals surface area contributed by atoms with Crippen molar-refractivity contribution in [3.63, 3.8) is 0 Å². The van der Waals surface area contributed by atoms with Crippen LogP contribution in [0.15, 0.2) is 0 Å². The van der Waals surface area contributed by atoms with Crippen molar-refractivity contribution in [3.05, 3.63) is 0 Å². The molecule has 0 saturated carbocycles. The quantitative estimate of drug-likeness (QED) is 0.538. The van der Waals surface area contributed by atoms with Crippen molar-refractivity contribution < 1.29 is 9.90 Å². The van der Waals surface area contributed by atoms with E-state index in [1.165, 1.54) is 0 Å². The molecular weight excluding hydrogens is 132 g/mol. The van der Waals surface area contributed by atoms with E-state index in [4.69, 9.17) is 10.8 Å². The van der Waals surface area contributed by atoms with Gasteiger partial charge in [0.25, 0.3) is 0 Å². The summed E-state index contributed by atoms with van der Waals surface area (Å²) in [6.45, 7) is 4.03. The molecule has 0 fully saturated rings. The first kappa shape index (κ1) is 9.23. The smallest absolute Gasteiger partial charge is 0.404 e. The van der Waals surface area contributed by atoms with E-state index in [2.05, 4.69) is 5.32 Å². The van der Waals surface area contributed by atoms with Crippen molar-refractivity contribution in [1.29, 1.82) is 0 Å². The fourth-order valence-electron chi connectivity index (χ4n) is 0.403. The Balaban J connectivity index is 3.56. The molecule has 0 aromatic carbocycles. The number of amides is 1. The Morgan fingerprint density at radius 2 is 2.30 bits per heavy atom. The number of rotatable bonds is 3.